The van der Waals surface area contributed by atoms with E-state index in [0.29, 0.717) is 12.0 Å². The van der Waals surface area contributed by atoms with Gasteiger partial charge in [-0.05, 0) is 26.4 Å². The van der Waals surface area contributed by atoms with Crippen molar-refractivity contribution in [2.24, 2.45) is 5.92 Å². The number of hydrogen-bond donors (Lipinski definition) is 8. The number of likely N-dealkylation sites (N-methyl/N-ethyl adjacent to an activating group) is 1. The number of ether oxygens (including phenoxy) is 1. The smallest absolute Gasteiger partial charge is 0.335 e. The Morgan fingerprint density at radius 1 is 0.795 bits per heavy atom. The largest absolute Gasteiger partial charge is 0.479 e. The molecule has 8 N–H and O–H groups in total. The van der Waals surface area contributed by atoms with Gasteiger partial charge in [-0.25, -0.2) is 19.2 Å². The number of carboxylic acids is 4. The molecule has 0 amide bonds. The van der Waals surface area contributed by atoms with Gasteiger partial charge in [0.15, 0.2) is 24.4 Å². The molecule has 1 aliphatic rings. The maximum Gasteiger partial charge on any atom is 0.335 e. The Balaban J connectivity index is 0. The highest BCUT2D eigenvalue weighted by molar-refractivity contribution is 5.83. The fourth-order valence-corrected chi connectivity index (χ4v) is 3.42. The van der Waals surface area contributed by atoms with E-state index in [1.165, 1.54) is 6.92 Å². The van der Waals surface area contributed by atoms with Crippen LogP contribution in [0.2, 0.25) is 0 Å². The van der Waals surface area contributed by atoms with Crippen LogP contribution < -0.4 is 0 Å². The number of carbonyl (C=O) groups excluding carboxylic acids is 1. The second-order valence-corrected chi connectivity index (χ2v) is 8.86. The number of piperidine rings is 1. The number of nitrogens with zero attached hydrogens (tertiary/aromatic N) is 2. The lowest BCUT2D eigenvalue weighted by Gasteiger charge is -2.41. The molecule has 1 saturated heterocycles. The van der Waals surface area contributed by atoms with E-state index in [1.807, 2.05) is 0 Å². The van der Waals surface area contributed by atoms with Gasteiger partial charge in [0, 0.05) is 38.5 Å². The number of carboxylic acid groups (broad SMARTS) is 4. The molecule has 228 valence electrons. The van der Waals surface area contributed by atoms with Gasteiger partial charge in [-0.3, -0.25) is 9.69 Å². The summed E-state index contributed by atoms with van der Waals surface area (Å²) in [5.41, 5.74) is 0. The van der Waals surface area contributed by atoms with Crippen LogP contribution in [0.3, 0.4) is 0 Å². The average Bonchev–Trinajstić information content (AvgIpc) is 2.85. The Morgan fingerprint density at radius 3 is 1.44 bits per heavy atom. The van der Waals surface area contributed by atoms with Crippen molar-refractivity contribution in [2.75, 3.05) is 32.7 Å². The first kappa shape index (κ1) is 38.3. The topological polar surface area (TPSA) is 263 Å². The van der Waals surface area contributed by atoms with Gasteiger partial charge in [-0.2, -0.15) is 0 Å². The van der Waals surface area contributed by atoms with E-state index < -0.39 is 48.3 Å². The monoisotopic (exact) mass is 570 g/mol. The standard InChI is InChI=1S/C15H30N2O2.2C4H6O6/c1-6-16(7-2)8-9-17-11-12(3)15(10-13(17)4)19-14(5)18;2*5-1(3(7)8)2(6)4(9)10/h12-13,15H,6-11H2,1-5H3;2*1-2,5-6H,(H,7,8)(H,9,10)/t;2*1-,2-/m.11/s1. The third kappa shape index (κ3) is 15.3. The first-order valence-electron chi connectivity index (χ1n) is 12.2. The van der Waals surface area contributed by atoms with Crippen LogP contribution >= 0.6 is 0 Å². The molecule has 1 aliphatic heterocycles. The van der Waals surface area contributed by atoms with Crippen molar-refractivity contribution >= 4 is 29.8 Å². The predicted molar refractivity (Wildman–Crippen MR) is 133 cm³/mol. The molecule has 3 unspecified atom stereocenters. The number of aliphatic hydroxyl groups is 4. The Kier molecular flexibility index (Phi) is 18.8. The first-order chi connectivity index (χ1) is 17.9. The Bertz CT molecular complexity index is 719. The van der Waals surface area contributed by atoms with Crippen molar-refractivity contribution < 1.29 is 69.6 Å². The van der Waals surface area contributed by atoms with Crippen molar-refractivity contribution in [1.29, 1.82) is 0 Å². The van der Waals surface area contributed by atoms with E-state index in [9.17, 15) is 24.0 Å². The van der Waals surface area contributed by atoms with Crippen LogP contribution in [0.5, 0.6) is 0 Å². The maximum absolute atomic E-state index is 11.1. The molecule has 0 bridgehead atoms. The fraction of sp³-hybridized carbons (Fsp3) is 0.783. The van der Waals surface area contributed by atoms with Crippen molar-refractivity contribution in [3.63, 3.8) is 0 Å². The minimum atomic E-state index is -2.27. The summed E-state index contributed by atoms with van der Waals surface area (Å²) < 4.78 is 5.41. The molecular formula is C23H42N2O14. The zero-order valence-electron chi connectivity index (χ0n) is 22.7. The van der Waals surface area contributed by atoms with Gasteiger partial charge in [0.1, 0.15) is 6.10 Å². The minimum Gasteiger partial charge on any atom is -0.479 e. The van der Waals surface area contributed by atoms with Crippen LogP contribution in [0.15, 0.2) is 0 Å². The fourth-order valence-electron chi connectivity index (χ4n) is 3.42. The molecule has 16 nitrogen and oxygen atoms in total. The van der Waals surface area contributed by atoms with Gasteiger partial charge in [-0.1, -0.05) is 20.8 Å². The summed E-state index contributed by atoms with van der Waals surface area (Å²) in [4.78, 5) is 55.2. The molecule has 0 aromatic heterocycles. The molecule has 39 heavy (non-hydrogen) atoms. The summed E-state index contributed by atoms with van der Waals surface area (Å²) in [6.07, 6.45) is -8.01. The Labute approximate surface area is 226 Å². The lowest BCUT2D eigenvalue weighted by Crippen LogP contribution is -2.50. The SMILES string of the molecule is CCN(CC)CCN1CC(C)C(OC(C)=O)CC1C.O=C(O)[C@H](O)[C@@H](O)C(=O)O.O=C(O)[C@H](O)[C@@H](O)C(=O)O. The van der Waals surface area contributed by atoms with Crippen LogP contribution in [0.4, 0.5) is 0 Å². The normalized spacial score (nSPS) is 22.1. The zero-order chi connectivity index (χ0) is 31.0. The predicted octanol–water partition coefficient (Wildman–Crippen LogP) is -2.25. The van der Waals surface area contributed by atoms with Crippen molar-refractivity contribution in [2.45, 2.75) is 77.6 Å². The molecule has 0 aromatic rings. The van der Waals surface area contributed by atoms with Gasteiger partial charge < -0.3 is 50.5 Å². The number of likely N-dealkylation sites (tertiary alicyclic amines) is 1. The van der Waals surface area contributed by atoms with Crippen molar-refractivity contribution in [1.82, 2.24) is 9.80 Å². The maximum atomic E-state index is 11.1. The van der Waals surface area contributed by atoms with E-state index in [2.05, 4.69) is 37.5 Å². The van der Waals surface area contributed by atoms with Crippen LogP contribution in [0.25, 0.3) is 0 Å². The summed E-state index contributed by atoms with van der Waals surface area (Å²) >= 11 is 0. The highest BCUT2D eigenvalue weighted by Crippen LogP contribution is 2.24. The molecule has 0 saturated carbocycles. The van der Waals surface area contributed by atoms with Gasteiger partial charge in [0.25, 0.3) is 0 Å². The van der Waals surface area contributed by atoms with E-state index in [1.54, 1.807) is 0 Å². The van der Waals surface area contributed by atoms with Gasteiger partial charge >= 0.3 is 29.8 Å². The van der Waals surface area contributed by atoms with E-state index in [4.69, 9.17) is 45.6 Å². The molecule has 0 radical (unpaired) electrons. The molecule has 1 rings (SSSR count). The van der Waals surface area contributed by atoms with E-state index in [0.717, 1.165) is 39.1 Å². The second-order valence-electron chi connectivity index (χ2n) is 8.86. The number of aliphatic hydroxyl groups excluding tert-OH is 4. The summed E-state index contributed by atoms with van der Waals surface area (Å²) in [6.45, 7) is 15.8. The molecule has 7 atom stereocenters. The highest BCUT2D eigenvalue weighted by Gasteiger charge is 2.33. The van der Waals surface area contributed by atoms with Crippen LogP contribution in [-0.4, -0.2) is 150 Å². The van der Waals surface area contributed by atoms with Gasteiger partial charge in [0.2, 0.25) is 0 Å². The summed E-state index contributed by atoms with van der Waals surface area (Å²) in [6, 6.07) is 0.496. The van der Waals surface area contributed by atoms with Crippen molar-refractivity contribution in [3.05, 3.63) is 0 Å². The lowest BCUT2D eigenvalue weighted by atomic mass is 9.91. The third-order valence-electron chi connectivity index (χ3n) is 5.88. The second kappa shape index (κ2) is 19.2. The first-order valence-corrected chi connectivity index (χ1v) is 12.2. The zero-order valence-corrected chi connectivity index (χ0v) is 22.7. The molecule has 0 aliphatic carbocycles. The number of aliphatic carboxylic acids is 4. The molecule has 0 aromatic carbocycles. The van der Waals surface area contributed by atoms with Crippen LogP contribution in [-0.2, 0) is 28.7 Å². The Morgan fingerprint density at radius 2 is 1.15 bits per heavy atom. The van der Waals surface area contributed by atoms with E-state index in [-0.39, 0.29) is 12.1 Å². The van der Waals surface area contributed by atoms with Crippen LogP contribution in [0, 0.1) is 5.92 Å². The highest BCUT2D eigenvalue weighted by atomic mass is 16.5. The average molecular weight is 571 g/mol. The minimum absolute atomic E-state index is 0.0946. The van der Waals surface area contributed by atoms with Gasteiger partial charge in [-0.15, -0.1) is 0 Å². The third-order valence-corrected chi connectivity index (χ3v) is 5.88. The molecule has 1 fully saturated rings. The number of hydrogen-bond acceptors (Lipinski definition) is 12. The summed E-state index contributed by atoms with van der Waals surface area (Å²) in [7, 11) is 0. The summed E-state index contributed by atoms with van der Waals surface area (Å²) in [5.74, 6) is -6.80. The van der Waals surface area contributed by atoms with Gasteiger partial charge in [0.05, 0.1) is 0 Å². The number of rotatable bonds is 12. The molecule has 1 heterocycles. The van der Waals surface area contributed by atoms with E-state index >= 15 is 0 Å². The number of esters is 1. The summed E-state index contributed by atoms with van der Waals surface area (Å²) in [5, 5.41) is 65.1. The molecule has 0 spiro atoms. The lowest BCUT2D eigenvalue weighted by molar-refractivity contribution is -0.165. The molecule has 16 heteroatoms. The number of carbonyl (C=O) groups is 5. The van der Waals surface area contributed by atoms with Crippen molar-refractivity contribution in [3.8, 4) is 0 Å². The Hall–Kier alpha value is -2.89. The quantitative estimate of drug-likeness (QED) is 0.115. The molecular weight excluding hydrogens is 528 g/mol. The van der Waals surface area contributed by atoms with Crippen LogP contribution in [0.1, 0.15) is 41.0 Å².